The summed E-state index contributed by atoms with van der Waals surface area (Å²) in [6, 6.07) is 1.30. The highest BCUT2D eigenvalue weighted by Crippen LogP contribution is 2.44. The van der Waals surface area contributed by atoms with E-state index in [1.807, 2.05) is 0 Å². The van der Waals surface area contributed by atoms with Crippen LogP contribution in [0.5, 0.6) is 0 Å². The average Bonchev–Trinajstić information content (AvgIpc) is 2.51. The first-order chi connectivity index (χ1) is 10.1. The molecule has 6 heteroatoms. The van der Waals surface area contributed by atoms with Crippen LogP contribution in [-0.2, 0) is 20.7 Å². The van der Waals surface area contributed by atoms with Crippen LogP contribution in [0, 0.1) is 5.82 Å². The Morgan fingerprint density at radius 2 is 2.29 bits per heavy atom. The number of carbonyl (C=O) groups excluding carboxylic acids is 2. The van der Waals surface area contributed by atoms with E-state index in [0.29, 0.717) is 28.7 Å². The number of rotatable bonds is 1. The lowest BCUT2D eigenvalue weighted by Crippen LogP contribution is -2.36. The molecule has 0 unspecified atom stereocenters. The summed E-state index contributed by atoms with van der Waals surface area (Å²) in [6.45, 7) is 0.616. The summed E-state index contributed by atoms with van der Waals surface area (Å²) in [7, 11) is 1.29. The van der Waals surface area contributed by atoms with Crippen LogP contribution in [0.1, 0.15) is 17.5 Å². The molecule has 0 aliphatic carbocycles. The summed E-state index contributed by atoms with van der Waals surface area (Å²) >= 11 is 3.25. The van der Waals surface area contributed by atoms with Crippen LogP contribution in [0.25, 0.3) is 5.57 Å². The summed E-state index contributed by atoms with van der Waals surface area (Å²) in [6.07, 6.45) is 2.87. The van der Waals surface area contributed by atoms with E-state index in [9.17, 15) is 14.0 Å². The highest BCUT2D eigenvalue weighted by atomic mass is 79.9. The fourth-order valence-corrected chi connectivity index (χ4v) is 3.33. The van der Waals surface area contributed by atoms with Gasteiger partial charge in [0.2, 0.25) is 0 Å². The van der Waals surface area contributed by atoms with Gasteiger partial charge in [-0.1, -0.05) is 0 Å². The molecule has 0 spiro atoms. The molecular formula is C15H11BrFNO3. The molecule has 108 valence electrons. The predicted octanol–water partition coefficient (Wildman–Crippen LogP) is 2.63. The second kappa shape index (κ2) is 5.13. The van der Waals surface area contributed by atoms with Gasteiger partial charge in [0, 0.05) is 12.1 Å². The van der Waals surface area contributed by atoms with Gasteiger partial charge in [-0.2, -0.15) is 0 Å². The van der Waals surface area contributed by atoms with Gasteiger partial charge in [-0.15, -0.1) is 0 Å². The lowest BCUT2D eigenvalue weighted by molar-refractivity contribution is -0.136. The normalized spacial score (nSPS) is 16.0. The van der Waals surface area contributed by atoms with E-state index in [4.69, 9.17) is 4.74 Å². The third-order valence-electron chi connectivity index (χ3n) is 3.73. The van der Waals surface area contributed by atoms with E-state index in [1.165, 1.54) is 19.3 Å². The Morgan fingerprint density at radius 1 is 1.52 bits per heavy atom. The Hall–Kier alpha value is -1.91. The summed E-state index contributed by atoms with van der Waals surface area (Å²) < 4.78 is 19.2. The Morgan fingerprint density at radius 3 is 2.95 bits per heavy atom. The van der Waals surface area contributed by atoms with Crippen LogP contribution in [0.3, 0.4) is 0 Å². The summed E-state index contributed by atoms with van der Waals surface area (Å²) in [5.74, 6) is 0.836. The van der Waals surface area contributed by atoms with Crippen molar-refractivity contribution < 1.29 is 18.7 Å². The SMILES string of the molecule is COC(=O)C1=CC(=C=O)c2cc(F)c(Br)c3c2N1CCC3. The molecule has 0 saturated heterocycles. The van der Waals surface area contributed by atoms with Gasteiger partial charge in [-0.25, -0.2) is 14.0 Å². The summed E-state index contributed by atoms with van der Waals surface area (Å²) in [5, 5.41) is 0. The highest BCUT2D eigenvalue weighted by molar-refractivity contribution is 9.10. The fourth-order valence-electron chi connectivity index (χ4n) is 2.83. The van der Waals surface area contributed by atoms with Crippen molar-refractivity contribution in [1.82, 2.24) is 0 Å². The summed E-state index contributed by atoms with van der Waals surface area (Å²) in [4.78, 5) is 24.9. The number of anilines is 1. The second-order valence-electron chi connectivity index (χ2n) is 4.84. The molecule has 0 bridgehead atoms. The number of halogens is 2. The van der Waals surface area contributed by atoms with Crippen molar-refractivity contribution in [2.45, 2.75) is 12.8 Å². The van der Waals surface area contributed by atoms with Crippen LogP contribution in [-0.4, -0.2) is 25.6 Å². The van der Waals surface area contributed by atoms with Crippen molar-refractivity contribution in [3.8, 4) is 0 Å². The van der Waals surface area contributed by atoms with Gasteiger partial charge in [-0.05, 0) is 46.5 Å². The molecule has 0 amide bonds. The Balaban J connectivity index is 2.32. The first-order valence-electron chi connectivity index (χ1n) is 6.42. The molecule has 0 fully saturated rings. The molecule has 0 saturated carbocycles. The van der Waals surface area contributed by atoms with Crippen molar-refractivity contribution in [2.75, 3.05) is 18.6 Å². The van der Waals surface area contributed by atoms with Crippen molar-refractivity contribution >= 4 is 39.1 Å². The van der Waals surface area contributed by atoms with Crippen molar-refractivity contribution in [2.24, 2.45) is 0 Å². The number of methoxy groups -OCH3 is 1. The second-order valence-corrected chi connectivity index (χ2v) is 5.63. The predicted molar refractivity (Wildman–Crippen MR) is 79.0 cm³/mol. The van der Waals surface area contributed by atoms with Gasteiger partial charge in [-0.3, -0.25) is 0 Å². The molecular weight excluding hydrogens is 341 g/mol. The Bertz CT molecular complexity index is 735. The number of allylic oxidation sites excluding steroid dienone is 2. The maximum absolute atomic E-state index is 14.0. The number of nitrogens with zero attached hydrogens (tertiary/aromatic N) is 1. The summed E-state index contributed by atoms with van der Waals surface area (Å²) in [5.41, 5.74) is 2.36. The maximum atomic E-state index is 14.0. The molecule has 4 nitrogen and oxygen atoms in total. The molecule has 2 heterocycles. The Labute approximate surface area is 129 Å². The van der Waals surface area contributed by atoms with Gasteiger partial charge in [0.15, 0.2) is 0 Å². The number of esters is 1. The fraction of sp³-hybridized carbons (Fsp3) is 0.267. The molecule has 1 aromatic carbocycles. The van der Waals surface area contributed by atoms with Crippen LogP contribution in [0.15, 0.2) is 22.3 Å². The van der Waals surface area contributed by atoms with Crippen LogP contribution < -0.4 is 4.90 Å². The van der Waals surface area contributed by atoms with E-state index in [-0.39, 0.29) is 11.3 Å². The minimum atomic E-state index is -0.526. The van der Waals surface area contributed by atoms with Gasteiger partial charge in [0.05, 0.1) is 22.8 Å². The van der Waals surface area contributed by atoms with Crippen molar-refractivity contribution in [3.63, 3.8) is 0 Å². The highest BCUT2D eigenvalue weighted by Gasteiger charge is 2.34. The maximum Gasteiger partial charge on any atom is 0.354 e. The number of ether oxygens (including phenoxy) is 1. The number of carbonyl (C=O) groups is 1. The van der Waals surface area contributed by atoms with Gasteiger partial charge in [0.25, 0.3) is 0 Å². The van der Waals surface area contributed by atoms with Crippen LogP contribution in [0.4, 0.5) is 10.1 Å². The zero-order chi connectivity index (χ0) is 15.1. The van der Waals surface area contributed by atoms with Crippen molar-refractivity contribution in [1.29, 1.82) is 0 Å². The zero-order valence-electron chi connectivity index (χ0n) is 11.2. The molecule has 21 heavy (non-hydrogen) atoms. The molecule has 0 N–H and O–H groups in total. The molecule has 0 atom stereocenters. The zero-order valence-corrected chi connectivity index (χ0v) is 12.8. The molecule has 2 aliphatic rings. The lowest BCUT2D eigenvalue weighted by atomic mass is 9.90. The topological polar surface area (TPSA) is 46.6 Å². The number of benzene rings is 1. The van der Waals surface area contributed by atoms with E-state index in [1.54, 1.807) is 10.8 Å². The third-order valence-corrected chi connectivity index (χ3v) is 4.59. The monoisotopic (exact) mass is 351 g/mol. The van der Waals surface area contributed by atoms with Crippen LogP contribution >= 0.6 is 15.9 Å². The first-order valence-corrected chi connectivity index (χ1v) is 7.21. The average molecular weight is 352 g/mol. The molecule has 2 aliphatic heterocycles. The van der Waals surface area contributed by atoms with E-state index in [2.05, 4.69) is 15.9 Å². The quantitative estimate of drug-likeness (QED) is 0.576. The number of hydrogen-bond donors (Lipinski definition) is 0. The standard InChI is InChI=1S/C15H11BrFNO3/c1-21-15(20)12-5-8(7-19)10-6-11(17)13(16)9-3-2-4-18(12)14(9)10/h5-6H,2-4H2,1H3. The Kier molecular flexibility index (Phi) is 3.43. The van der Waals surface area contributed by atoms with Crippen molar-refractivity contribution in [3.05, 3.63) is 39.3 Å². The third kappa shape index (κ3) is 2.03. The number of hydrogen-bond acceptors (Lipinski definition) is 4. The largest absolute Gasteiger partial charge is 0.464 e. The smallest absolute Gasteiger partial charge is 0.354 e. The molecule has 0 aromatic heterocycles. The minimum absolute atomic E-state index is 0.163. The minimum Gasteiger partial charge on any atom is -0.464 e. The molecule has 3 rings (SSSR count). The van der Waals surface area contributed by atoms with E-state index >= 15 is 0 Å². The first kappa shape index (κ1) is 14.0. The van der Waals surface area contributed by atoms with E-state index < -0.39 is 11.8 Å². The van der Waals surface area contributed by atoms with Gasteiger partial charge in [0.1, 0.15) is 17.5 Å². The molecule has 1 aromatic rings. The van der Waals surface area contributed by atoms with Crippen LogP contribution in [0.2, 0.25) is 0 Å². The van der Waals surface area contributed by atoms with Gasteiger partial charge >= 0.3 is 5.97 Å². The molecule has 0 radical (unpaired) electrons. The van der Waals surface area contributed by atoms with E-state index in [0.717, 1.165) is 12.0 Å². The van der Waals surface area contributed by atoms with Gasteiger partial charge < -0.3 is 9.64 Å². The lowest BCUT2D eigenvalue weighted by Gasteiger charge is -2.37.